The molecule has 0 spiro atoms. The van der Waals surface area contributed by atoms with Crippen LogP contribution in [0.5, 0.6) is 0 Å². The highest BCUT2D eigenvalue weighted by molar-refractivity contribution is 8.00. The lowest BCUT2D eigenvalue weighted by molar-refractivity contribution is -0.232. The zero-order chi connectivity index (χ0) is 40.6. The van der Waals surface area contributed by atoms with Gasteiger partial charge in [0.15, 0.2) is 4.93 Å². The van der Waals surface area contributed by atoms with Crippen LogP contribution in [-0.2, 0) is 64.4 Å². The second-order valence-corrected chi connectivity index (χ2v) is 16.0. The molecule has 5 aromatic carbocycles. The number of aryl methyl sites for hydroxylation is 1. The molecule has 1 saturated heterocycles. The molecule has 10 heteroatoms. The molecule has 304 valence electrons. The summed E-state index contributed by atoms with van der Waals surface area (Å²) in [5.74, 6) is -0.695. The number of hydrogen-bond donors (Lipinski definition) is 1. The Morgan fingerprint density at radius 2 is 1.22 bits per heavy atom. The summed E-state index contributed by atoms with van der Waals surface area (Å²) in [7, 11) is 0. The molecule has 0 aliphatic carbocycles. The fraction of sp³-hybridized carbons (Fsp3) is 0.333. The fourth-order valence-corrected chi connectivity index (χ4v) is 8.15. The van der Waals surface area contributed by atoms with E-state index in [9.17, 15) is 9.59 Å². The average Bonchev–Trinajstić information content (AvgIpc) is 3.24. The van der Waals surface area contributed by atoms with Crippen LogP contribution < -0.4 is 5.32 Å². The van der Waals surface area contributed by atoms with Crippen LogP contribution in [0, 0.1) is 6.92 Å². The third-order valence-electron chi connectivity index (χ3n) is 9.79. The highest BCUT2D eigenvalue weighted by Gasteiger charge is 2.54. The molecule has 6 atom stereocenters. The molecule has 0 unspecified atom stereocenters. The number of nitrogens with one attached hydrogen (secondary N) is 1. The van der Waals surface area contributed by atoms with Gasteiger partial charge in [-0.1, -0.05) is 151 Å². The van der Waals surface area contributed by atoms with E-state index < -0.39 is 41.4 Å². The predicted octanol–water partition coefficient (Wildman–Crippen LogP) is 8.61. The lowest BCUT2D eigenvalue weighted by Gasteiger charge is -2.50. The van der Waals surface area contributed by atoms with Crippen molar-refractivity contribution in [2.75, 3.05) is 13.2 Å². The molecule has 1 aliphatic heterocycles. The van der Waals surface area contributed by atoms with E-state index in [1.165, 1.54) is 25.6 Å². The van der Waals surface area contributed by atoms with Crippen molar-refractivity contribution >= 4 is 23.6 Å². The Balaban J connectivity index is 1.44. The van der Waals surface area contributed by atoms with Gasteiger partial charge >= 0.3 is 5.97 Å². The van der Waals surface area contributed by atoms with Gasteiger partial charge in [0, 0.05) is 25.2 Å². The van der Waals surface area contributed by atoms with E-state index in [0.717, 1.165) is 32.7 Å². The molecule has 9 nitrogen and oxygen atoms in total. The van der Waals surface area contributed by atoms with E-state index in [0.29, 0.717) is 6.61 Å². The van der Waals surface area contributed by atoms with Crippen LogP contribution in [0.1, 0.15) is 48.1 Å². The first-order chi connectivity index (χ1) is 28.2. The van der Waals surface area contributed by atoms with Crippen molar-refractivity contribution in [1.29, 1.82) is 0 Å². The normalized spacial score (nSPS) is 20.2. The van der Waals surface area contributed by atoms with Crippen molar-refractivity contribution in [3.8, 4) is 0 Å². The molecule has 1 N–H and O–H groups in total. The maximum atomic E-state index is 13.2. The van der Waals surface area contributed by atoms with Crippen molar-refractivity contribution in [1.82, 2.24) is 5.32 Å². The Hall–Kier alpha value is -4.81. The number of carbonyl (C=O) groups is 2. The molecule has 1 amide bonds. The van der Waals surface area contributed by atoms with Crippen LogP contribution in [-0.4, -0.2) is 60.5 Å². The summed E-state index contributed by atoms with van der Waals surface area (Å²) < 4.78 is 40.2. The van der Waals surface area contributed by atoms with E-state index in [4.69, 9.17) is 28.4 Å². The van der Waals surface area contributed by atoms with Gasteiger partial charge in [-0.15, -0.1) is 0 Å². The molecule has 1 aliphatic rings. The zero-order valence-corrected chi connectivity index (χ0v) is 34.2. The third kappa shape index (κ3) is 13.1. The van der Waals surface area contributed by atoms with Gasteiger partial charge in [-0.05, 0) is 41.3 Å². The highest BCUT2D eigenvalue weighted by atomic mass is 32.2. The van der Waals surface area contributed by atoms with Crippen molar-refractivity contribution in [3.63, 3.8) is 0 Å². The number of thioether (sulfide) groups is 1. The van der Waals surface area contributed by atoms with Crippen molar-refractivity contribution in [2.24, 2.45) is 0 Å². The molecule has 0 radical (unpaired) electrons. The largest absolute Gasteiger partial charge is 0.462 e. The van der Waals surface area contributed by atoms with E-state index >= 15 is 0 Å². The second-order valence-electron chi connectivity index (χ2n) is 14.6. The summed E-state index contributed by atoms with van der Waals surface area (Å²) in [6.07, 6.45) is -2.73. The fourth-order valence-electron chi connectivity index (χ4n) is 6.92. The molecule has 5 aromatic rings. The molecule has 0 saturated carbocycles. The SMILES string of the molecule is CC(=O)N[C@H]1[C@H]([C@H](OCc2ccccc2)[C@@H](COCc2ccccc2)OCc2ccccc2)O[C@@](COC(C)=O)(Sc2ccc(C)cc2)C[C@@H]1OCc1ccccc1. The number of carbonyl (C=O) groups excluding carboxylic acids is 2. The molecule has 6 rings (SSSR count). The third-order valence-corrected chi connectivity index (χ3v) is 11.1. The molecule has 0 bridgehead atoms. The lowest BCUT2D eigenvalue weighted by Crippen LogP contribution is -2.66. The maximum absolute atomic E-state index is 13.2. The van der Waals surface area contributed by atoms with Crippen molar-refractivity contribution in [2.45, 2.75) is 93.9 Å². The number of esters is 1. The van der Waals surface area contributed by atoms with Crippen LogP contribution in [0.2, 0.25) is 0 Å². The lowest BCUT2D eigenvalue weighted by atomic mass is 9.89. The van der Waals surface area contributed by atoms with E-state index in [2.05, 4.69) is 5.32 Å². The van der Waals surface area contributed by atoms with E-state index in [-0.39, 0.29) is 45.4 Å². The summed E-state index contributed by atoms with van der Waals surface area (Å²) in [5.41, 5.74) is 5.02. The van der Waals surface area contributed by atoms with Gasteiger partial charge in [-0.2, -0.15) is 0 Å². The maximum Gasteiger partial charge on any atom is 0.302 e. The smallest absolute Gasteiger partial charge is 0.302 e. The number of rotatable bonds is 20. The van der Waals surface area contributed by atoms with Gasteiger partial charge < -0.3 is 33.7 Å². The minimum Gasteiger partial charge on any atom is -0.462 e. The Kier molecular flexibility index (Phi) is 16.1. The quantitative estimate of drug-likeness (QED) is 0.0776. The van der Waals surface area contributed by atoms with Crippen LogP contribution in [0.25, 0.3) is 0 Å². The van der Waals surface area contributed by atoms with Crippen LogP contribution in [0.3, 0.4) is 0 Å². The van der Waals surface area contributed by atoms with Crippen LogP contribution in [0.15, 0.2) is 150 Å². The van der Waals surface area contributed by atoms with Gasteiger partial charge in [0.05, 0.1) is 45.2 Å². The molecular formula is C48H53NO8S. The molecular weight excluding hydrogens is 751 g/mol. The van der Waals surface area contributed by atoms with Gasteiger partial charge in [-0.25, -0.2) is 0 Å². The van der Waals surface area contributed by atoms with Gasteiger partial charge in [0.2, 0.25) is 5.91 Å². The van der Waals surface area contributed by atoms with Gasteiger partial charge in [0.1, 0.15) is 24.9 Å². The minimum atomic E-state index is -1.16. The Bertz CT molecular complexity index is 1970. The summed E-state index contributed by atoms with van der Waals surface area (Å²) in [6, 6.07) is 47.1. The molecule has 58 heavy (non-hydrogen) atoms. The summed E-state index contributed by atoms with van der Waals surface area (Å²) in [5, 5.41) is 3.20. The van der Waals surface area contributed by atoms with Gasteiger partial charge in [-0.3, -0.25) is 9.59 Å². The monoisotopic (exact) mass is 803 g/mol. The van der Waals surface area contributed by atoms with Crippen molar-refractivity contribution in [3.05, 3.63) is 173 Å². The van der Waals surface area contributed by atoms with Crippen molar-refractivity contribution < 1.29 is 38.0 Å². The number of amides is 1. The standard InChI is InChI=1S/C48H53NO8S/c1-35-24-26-42(27-25-35)58-48(34-56-37(3)51)28-43(53-30-39-18-10-5-11-19-39)45(49-36(2)50)47(57-48)46(55-32-41-22-14-7-15-23-41)44(54-31-40-20-12-6-13-21-40)33-52-29-38-16-8-4-9-17-38/h4-27,43-47H,28-34H2,1-3H3,(H,49,50)/t43-,44+,45+,46+,47+,48+/m0/s1. The molecule has 1 heterocycles. The van der Waals surface area contributed by atoms with Gasteiger partial charge in [0.25, 0.3) is 0 Å². The summed E-state index contributed by atoms with van der Waals surface area (Å²) in [6.45, 7) is 6.08. The topological polar surface area (TPSA) is 102 Å². The Morgan fingerprint density at radius 3 is 1.76 bits per heavy atom. The molecule has 1 fully saturated rings. The number of hydrogen-bond acceptors (Lipinski definition) is 9. The summed E-state index contributed by atoms with van der Waals surface area (Å²) >= 11 is 1.46. The second kappa shape index (κ2) is 21.8. The Morgan fingerprint density at radius 1 is 0.707 bits per heavy atom. The minimum absolute atomic E-state index is 0.0825. The first-order valence-electron chi connectivity index (χ1n) is 19.7. The van der Waals surface area contributed by atoms with E-state index in [1.54, 1.807) is 0 Å². The number of ether oxygens (including phenoxy) is 6. The Labute approximate surface area is 346 Å². The first kappa shape index (κ1) is 42.8. The average molecular weight is 804 g/mol. The van der Waals surface area contributed by atoms with E-state index in [1.807, 2.05) is 153 Å². The highest BCUT2D eigenvalue weighted by Crippen LogP contribution is 2.45. The molecule has 0 aromatic heterocycles. The van der Waals surface area contributed by atoms with Crippen LogP contribution >= 0.6 is 11.8 Å². The summed E-state index contributed by atoms with van der Waals surface area (Å²) in [4.78, 5) is 25.5. The predicted molar refractivity (Wildman–Crippen MR) is 225 cm³/mol. The number of benzene rings is 5. The zero-order valence-electron chi connectivity index (χ0n) is 33.4. The first-order valence-corrected chi connectivity index (χ1v) is 20.5. The van der Waals surface area contributed by atoms with Crippen LogP contribution in [0.4, 0.5) is 0 Å².